The lowest BCUT2D eigenvalue weighted by atomic mass is 9.78. The molecule has 0 amide bonds. The number of hydrogen-bond acceptors (Lipinski definition) is 7. The van der Waals surface area contributed by atoms with Crippen LogP contribution in [0.25, 0.3) is 0 Å². The number of carboxylic acid groups (broad SMARTS) is 1. The third kappa shape index (κ3) is 3.01. The maximum absolute atomic E-state index is 11.2. The van der Waals surface area contributed by atoms with Crippen LogP contribution in [-0.2, 0) is 19.1 Å². The Kier molecular flexibility index (Phi) is 4.41. The van der Waals surface area contributed by atoms with E-state index < -0.39 is 17.9 Å². The van der Waals surface area contributed by atoms with Crippen molar-refractivity contribution in [1.29, 1.82) is 0 Å². The highest BCUT2D eigenvalue weighted by Crippen LogP contribution is 2.36. The van der Waals surface area contributed by atoms with Crippen molar-refractivity contribution < 1.29 is 38.6 Å². The summed E-state index contributed by atoms with van der Waals surface area (Å²) in [5.74, 6) is -3.70. The van der Waals surface area contributed by atoms with Crippen molar-refractivity contribution in [2.45, 2.75) is 13.3 Å². The molecule has 0 spiro atoms. The SMILES string of the molecule is CC1CC=CC2C(=O)OC(=O)C12.O=C(O)c1ccc2c(c1)C(=O)OC2=O. The molecule has 1 aromatic carbocycles. The molecule has 4 rings (SSSR count). The first-order valence-electron chi connectivity index (χ1n) is 7.85. The lowest BCUT2D eigenvalue weighted by Crippen LogP contribution is -2.25. The number of hydrogen-bond donors (Lipinski definition) is 1. The van der Waals surface area contributed by atoms with Crippen LogP contribution in [0.15, 0.2) is 30.4 Å². The predicted octanol–water partition coefficient (Wildman–Crippen LogP) is 1.59. The topological polar surface area (TPSA) is 124 Å². The lowest BCUT2D eigenvalue weighted by molar-refractivity contribution is -0.153. The second kappa shape index (κ2) is 6.55. The van der Waals surface area contributed by atoms with Gasteiger partial charge in [-0.25, -0.2) is 14.4 Å². The first-order valence-corrected chi connectivity index (χ1v) is 7.85. The average molecular weight is 358 g/mol. The number of esters is 4. The van der Waals surface area contributed by atoms with E-state index in [0.29, 0.717) is 0 Å². The standard InChI is InChI=1S/C9H4O5.C9H10O3/c10-7(11)4-1-2-5-6(3-4)9(13)14-8(5)12;1-5-3-2-4-6-7(5)9(11)12-8(6)10/h1-3H,(H,10,11);2,4-7H,3H2,1H3. The van der Waals surface area contributed by atoms with Crippen molar-refractivity contribution in [2.24, 2.45) is 17.8 Å². The van der Waals surface area contributed by atoms with Gasteiger partial charge < -0.3 is 14.6 Å². The Morgan fingerprint density at radius 2 is 1.73 bits per heavy atom. The van der Waals surface area contributed by atoms with E-state index in [0.717, 1.165) is 12.5 Å². The molecule has 0 aromatic heterocycles. The Hall–Kier alpha value is -3.29. The van der Waals surface area contributed by atoms with E-state index in [2.05, 4.69) is 9.47 Å². The summed E-state index contributed by atoms with van der Waals surface area (Å²) < 4.78 is 8.85. The highest BCUT2D eigenvalue weighted by atomic mass is 16.6. The highest BCUT2D eigenvalue weighted by molar-refractivity contribution is 6.15. The normalized spacial score (nSPS) is 25.7. The summed E-state index contributed by atoms with van der Waals surface area (Å²) in [6.45, 7) is 1.97. The molecule has 8 nitrogen and oxygen atoms in total. The van der Waals surface area contributed by atoms with Crippen LogP contribution in [0.2, 0.25) is 0 Å². The molecule has 1 aromatic rings. The molecule has 2 aliphatic heterocycles. The molecule has 3 unspecified atom stereocenters. The summed E-state index contributed by atoms with van der Waals surface area (Å²) >= 11 is 0. The van der Waals surface area contributed by atoms with E-state index in [9.17, 15) is 24.0 Å². The number of fused-ring (bicyclic) bond motifs is 2. The zero-order chi connectivity index (χ0) is 19.0. The lowest BCUT2D eigenvalue weighted by Gasteiger charge is -2.20. The summed E-state index contributed by atoms with van der Waals surface area (Å²) in [5.41, 5.74) is 0.0744. The molecule has 134 valence electrons. The van der Waals surface area contributed by atoms with E-state index in [-0.39, 0.29) is 46.4 Å². The van der Waals surface area contributed by atoms with Crippen LogP contribution in [-0.4, -0.2) is 35.0 Å². The van der Waals surface area contributed by atoms with Crippen molar-refractivity contribution in [3.8, 4) is 0 Å². The summed E-state index contributed by atoms with van der Waals surface area (Å²) in [6, 6.07) is 3.65. The van der Waals surface area contributed by atoms with Gasteiger partial charge in [-0.1, -0.05) is 19.1 Å². The Labute approximate surface area is 147 Å². The van der Waals surface area contributed by atoms with Gasteiger partial charge in [0.2, 0.25) is 0 Å². The van der Waals surface area contributed by atoms with E-state index >= 15 is 0 Å². The van der Waals surface area contributed by atoms with Crippen molar-refractivity contribution in [2.75, 3.05) is 0 Å². The van der Waals surface area contributed by atoms with Crippen LogP contribution in [0.3, 0.4) is 0 Å². The molecule has 1 fully saturated rings. The Balaban J connectivity index is 0.000000152. The van der Waals surface area contributed by atoms with Crippen molar-refractivity contribution >= 4 is 29.8 Å². The monoisotopic (exact) mass is 358 g/mol. The van der Waals surface area contributed by atoms with Gasteiger partial charge in [-0.3, -0.25) is 9.59 Å². The highest BCUT2D eigenvalue weighted by Gasteiger charge is 2.46. The fraction of sp³-hybridized carbons (Fsp3) is 0.278. The van der Waals surface area contributed by atoms with E-state index in [1.54, 1.807) is 6.08 Å². The molecule has 26 heavy (non-hydrogen) atoms. The van der Waals surface area contributed by atoms with E-state index in [1.165, 1.54) is 12.1 Å². The van der Waals surface area contributed by atoms with Gasteiger partial charge in [0.25, 0.3) is 0 Å². The van der Waals surface area contributed by atoms with Gasteiger partial charge in [0.15, 0.2) is 0 Å². The van der Waals surface area contributed by atoms with Gasteiger partial charge in [0.1, 0.15) is 0 Å². The first kappa shape index (κ1) is 17.5. The number of rotatable bonds is 1. The van der Waals surface area contributed by atoms with Crippen molar-refractivity contribution in [3.63, 3.8) is 0 Å². The second-order valence-electron chi connectivity index (χ2n) is 6.18. The van der Waals surface area contributed by atoms with Gasteiger partial charge in [-0.05, 0) is 30.5 Å². The van der Waals surface area contributed by atoms with Crippen LogP contribution in [0, 0.1) is 17.8 Å². The summed E-state index contributed by atoms with van der Waals surface area (Å²) in [6.07, 6.45) is 4.60. The molecule has 0 radical (unpaired) electrons. The third-order valence-corrected chi connectivity index (χ3v) is 4.49. The van der Waals surface area contributed by atoms with Gasteiger partial charge in [0, 0.05) is 0 Å². The molecule has 8 heteroatoms. The van der Waals surface area contributed by atoms with Crippen molar-refractivity contribution in [1.82, 2.24) is 0 Å². The van der Waals surface area contributed by atoms with Crippen LogP contribution >= 0.6 is 0 Å². The molecule has 1 N–H and O–H groups in total. The van der Waals surface area contributed by atoms with Gasteiger partial charge >= 0.3 is 29.8 Å². The van der Waals surface area contributed by atoms with Crippen LogP contribution in [0.5, 0.6) is 0 Å². The minimum absolute atomic E-state index is 0.00917. The summed E-state index contributed by atoms with van der Waals surface area (Å²) in [7, 11) is 0. The molecular formula is C18H14O8. The molecule has 0 bridgehead atoms. The molecule has 3 atom stereocenters. The Morgan fingerprint density at radius 3 is 2.38 bits per heavy atom. The molecule has 1 aliphatic carbocycles. The minimum Gasteiger partial charge on any atom is -0.478 e. The van der Waals surface area contributed by atoms with Crippen LogP contribution in [0.1, 0.15) is 44.4 Å². The molecule has 3 aliphatic rings. The molecular weight excluding hydrogens is 344 g/mol. The second-order valence-corrected chi connectivity index (χ2v) is 6.18. The van der Waals surface area contributed by atoms with Crippen LogP contribution in [0.4, 0.5) is 0 Å². The smallest absolute Gasteiger partial charge is 0.346 e. The zero-order valence-corrected chi connectivity index (χ0v) is 13.6. The maximum atomic E-state index is 11.2. The number of carboxylic acids is 1. The molecule has 0 saturated carbocycles. The number of cyclic esters (lactones) is 4. The molecule has 1 saturated heterocycles. The predicted molar refractivity (Wildman–Crippen MR) is 84.1 cm³/mol. The number of ether oxygens (including phenoxy) is 2. The fourth-order valence-electron chi connectivity index (χ4n) is 3.12. The van der Waals surface area contributed by atoms with E-state index in [4.69, 9.17) is 5.11 Å². The van der Waals surface area contributed by atoms with E-state index in [1.807, 2.05) is 13.0 Å². The maximum Gasteiger partial charge on any atom is 0.346 e. The Morgan fingerprint density at radius 1 is 1.04 bits per heavy atom. The number of allylic oxidation sites excluding steroid dienone is 1. The fourth-order valence-corrected chi connectivity index (χ4v) is 3.12. The largest absolute Gasteiger partial charge is 0.478 e. The van der Waals surface area contributed by atoms with Crippen LogP contribution < -0.4 is 0 Å². The number of aromatic carboxylic acids is 1. The quantitative estimate of drug-likeness (QED) is 0.456. The van der Waals surface area contributed by atoms with Gasteiger partial charge in [0.05, 0.1) is 28.5 Å². The average Bonchev–Trinajstić information content (AvgIpc) is 3.05. The number of carbonyl (C=O) groups excluding carboxylic acids is 4. The Bertz CT molecular complexity index is 866. The van der Waals surface area contributed by atoms with Crippen molar-refractivity contribution in [3.05, 3.63) is 47.0 Å². The van der Waals surface area contributed by atoms with Gasteiger partial charge in [-0.15, -0.1) is 0 Å². The number of carbonyl (C=O) groups is 5. The molecule has 2 heterocycles. The third-order valence-electron chi connectivity index (χ3n) is 4.49. The summed E-state index contributed by atoms with van der Waals surface area (Å²) in [4.78, 5) is 54.8. The zero-order valence-electron chi connectivity index (χ0n) is 13.6. The summed E-state index contributed by atoms with van der Waals surface area (Å²) in [5, 5.41) is 8.63. The number of benzene rings is 1. The first-order chi connectivity index (χ1) is 12.3. The van der Waals surface area contributed by atoms with Gasteiger partial charge in [-0.2, -0.15) is 0 Å². The minimum atomic E-state index is -1.15.